The molecule has 5 heteroatoms. The molecule has 0 spiro atoms. The lowest BCUT2D eigenvalue weighted by atomic mass is 10.3. The van der Waals surface area contributed by atoms with E-state index in [0.717, 1.165) is 47.7 Å². The quantitative estimate of drug-likeness (QED) is 0.781. The minimum atomic E-state index is 0.725. The summed E-state index contributed by atoms with van der Waals surface area (Å²) in [6.07, 6.45) is 1.91. The topological polar surface area (TPSA) is 55.4 Å². The van der Waals surface area contributed by atoms with Crippen LogP contribution < -0.4 is 11.1 Å². The van der Waals surface area contributed by atoms with Gasteiger partial charge in [-0.1, -0.05) is 6.07 Å². The number of anilines is 2. The molecule has 0 saturated carbocycles. The van der Waals surface area contributed by atoms with Crippen molar-refractivity contribution in [1.29, 1.82) is 0 Å². The molecule has 2 rings (SSSR count). The van der Waals surface area contributed by atoms with Crippen molar-refractivity contribution in [2.75, 3.05) is 44.3 Å². The minimum absolute atomic E-state index is 0.725. The van der Waals surface area contributed by atoms with Gasteiger partial charge in [0.2, 0.25) is 0 Å². The van der Waals surface area contributed by atoms with Crippen LogP contribution in [0.2, 0.25) is 0 Å². The Balaban J connectivity index is 2.04. The van der Waals surface area contributed by atoms with Crippen molar-refractivity contribution >= 4 is 17.0 Å². The lowest BCUT2D eigenvalue weighted by Gasteiger charge is -2.32. The Kier molecular flexibility index (Phi) is 3.95. The summed E-state index contributed by atoms with van der Waals surface area (Å²) in [5.74, 6) is 0.782. The molecule has 3 N–H and O–H groups in total. The summed E-state index contributed by atoms with van der Waals surface area (Å²) in [4.78, 5) is 0. The summed E-state index contributed by atoms with van der Waals surface area (Å²) in [7, 11) is 2.27. The number of quaternary nitrogens is 1. The zero-order chi connectivity index (χ0) is 13.9. The molecule has 0 saturated heterocycles. The Morgan fingerprint density at radius 2 is 2.05 bits per heavy atom. The molecule has 2 heterocycles. The maximum absolute atomic E-state index is 6.10. The van der Waals surface area contributed by atoms with Crippen LogP contribution >= 0.6 is 0 Å². The van der Waals surface area contributed by atoms with Gasteiger partial charge in [0.15, 0.2) is 5.82 Å². The number of nitrogens with zero attached hydrogens (tertiary/aromatic N) is 3. The number of hydrogen-bond donors (Lipinski definition) is 2. The Morgan fingerprint density at radius 1 is 1.32 bits per heavy atom. The second-order valence-electron chi connectivity index (χ2n) is 5.20. The summed E-state index contributed by atoms with van der Waals surface area (Å²) in [6.45, 7) is 8.68. The van der Waals surface area contributed by atoms with E-state index in [2.05, 4.69) is 31.3 Å². The van der Waals surface area contributed by atoms with Gasteiger partial charge in [-0.25, -0.2) is 4.52 Å². The lowest BCUT2D eigenvalue weighted by Crippen LogP contribution is -2.46. The van der Waals surface area contributed by atoms with Crippen LogP contribution in [0.1, 0.15) is 13.8 Å². The van der Waals surface area contributed by atoms with Gasteiger partial charge >= 0.3 is 0 Å². The molecule has 0 aromatic carbocycles. The number of rotatable bonds is 6. The van der Waals surface area contributed by atoms with Gasteiger partial charge in [-0.2, -0.15) is 0 Å². The normalized spacial score (nSPS) is 11.9. The van der Waals surface area contributed by atoms with Gasteiger partial charge in [0.25, 0.3) is 0 Å². The van der Waals surface area contributed by atoms with E-state index in [4.69, 9.17) is 5.73 Å². The fraction of sp³-hybridized carbons (Fsp3) is 0.500. The van der Waals surface area contributed by atoms with E-state index in [1.165, 1.54) is 0 Å². The molecule has 0 atom stereocenters. The van der Waals surface area contributed by atoms with Crippen molar-refractivity contribution in [3.63, 3.8) is 0 Å². The molecule has 0 bridgehead atoms. The largest absolute Gasteiger partial charge is 0.394 e. The number of nitrogens with two attached hydrogens (primary N) is 1. The summed E-state index contributed by atoms with van der Waals surface area (Å²) in [5.41, 5.74) is 7.78. The number of hydrogen-bond acceptors (Lipinski definition) is 3. The van der Waals surface area contributed by atoms with Crippen LogP contribution in [-0.2, 0) is 0 Å². The maximum Gasteiger partial charge on any atom is 0.172 e. The number of fused-ring (bicyclic) bond motifs is 1. The van der Waals surface area contributed by atoms with Gasteiger partial charge in [0, 0.05) is 6.20 Å². The first kappa shape index (κ1) is 13.7. The van der Waals surface area contributed by atoms with Crippen molar-refractivity contribution in [1.82, 2.24) is 9.61 Å². The van der Waals surface area contributed by atoms with Gasteiger partial charge in [-0.05, 0) is 26.0 Å². The van der Waals surface area contributed by atoms with Crippen molar-refractivity contribution in [2.24, 2.45) is 0 Å². The van der Waals surface area contributed by atoms with Gasteiger partial charge in [0.05, 0.1) is 38.7 Å². The van der Waals surface area contributed by atoms with Crippen molar-refractivity contribution in [3.05, 3.63) is 24.4 Å². The molecule has 0 fully saturated rings. The van der Waals surface area contributed by atoms with Gasteiger partial charge in [-0.3, -0.25) is 0 Å². The predicted molar refractivity (Wildman–Crippen MR) is 80.2 cm³/mol. The fourth-order valence-electron chi connectivity index (χ4n) is 2.13. The van der Waals surface area contributed by atoms with Crippen LogP contribution in [0.25, 0.3) is 5.52 Å². The van der Waals surface area contributed by atoms with E-state index in [-0.39, 0.29) is 0 Å². The smallest absolute Gasteiger partial charge is 0.172 e. The SMILES string of the molecule is CC[N+](C)(CC)CCNc1nn2ccccc2c1N. The second-order valence-corrected chi connectivity index (χ2v) is 5.20. The summed E-state index contributed by atoms with van der Waals surface area (Å²) in [6, 6.07) is 5.90. The predicted octanol–water partition coefficient (Wildman–Crippen LogP) is 1.81. The van der Waals surface area contributed by atoms with Crippen LogP contribution in [-0.4, -0.2) is 47.3 Å². The molecular formula is C14H24N5+. The molecule has 0 amide bonds. The van der Waals surface area contributed by atoms with Gasteiger partial charge in [-0.15, -0.1) is 5.10 Å². The zero-order valence-corrected chi connectivity index (χ0v) is 12.1. The summed E-state index contributed by atoms with van der Waals surface area (Å²) in [5, 5.41) is 7.81. The minimum Gasteiger partial charge on any atom is -0.394 e. The van der Waals surface area contributed by atoms with Crippen molar-refractivity contribution < 1.29 is 4.48 Å². The molecular weight excluding hydrogens is 238 g/mol. The average molecular weight is 262 g/mol. The van der Waals surface area contributed by atoms with E-state index in [0.29, 0.717) is 0 Å². The van der Waals surface area contributed by atoms with Crippen LogP contribution in [0.4, 0.5) is 11.5 Å². The molecule has 0 aliphatic carbocycles. The number of nitrogens with one attached hydrogen (secondary N) is 1. The van der Waals surface area contributed by atoms with E-state index in [1.54, 1.807) is 0 Å². The highest BCUT2D eigenvalue weighted by atomic mass is 15.3. The van der Waals surface area contributed by atoms with Crippen LogP contribution in [0.15, 0.2) is 24.4 Å². The molecule has 5 nitrogen and oxygen atoms in total. The summed E-state index contributed by atoms with van der Waals surface area (Å²) < 4.78 is 2.87. The Morgan fingerprint density at radius 3 is 2.68 bits per heavy atom. The number of pyridine rings is 1. The number of aromatic nitrogens is 2. The van der Waals surface area contributed by atoms with Crippen molar-refractivity contribution in [3.8, 4) is 0 Å². The third-order valence-electron chi connectivity index (χ3n) is 4.05. The number of likely N-dealkylation sites (N-methyl/N-ethyl adjacent to an activating group) is 1. The molecule has 2 aromatic rings. The molecule has 0 aliphatic rings. The van der Waals surface area contributed by atoms with Gasteiger partial charge < -0.3 is 15.5 Å². The molecule has 104 valence electrons. The van der Waals surface area contributed by atoms with Crippen LogP contribution in [0.3, 0.4) is 0 Å². The van der Waals surface area contributed by atoms with Crippen LogP contribution in [0.5, 0.6) is 0 Å². The molecule has 2 aromatic heterocycles. The maximum atomic E-state index is 6.10. The second kappa shape index (κ2) is 5.48. The fourth-order valence-corrected chi connectivity index (χ4v) is 2.13. The van der Waals surface area contributed by atoms with Crippen molar-refractivity contribution in [2.45, 2.75) is 13.8 Å². The van der Waals surface area contributed by atoms with E-state index < -0.39 is 0 Å². The van der Waals surface area contributed by atoms with E-state index >= 15 is 0 Å². The van der Waals surface area contributed by atoms with E-state index in [9.17, 15) is 0 Å². The number of nitrogen functional groups attached to an aromatic ring is 1. The molecule has 0 unspecified atom stereocenters. The standard InChI is InChI=1S/C14H24N5/c1-4-19(3,5-2)11-9-16-14-13(15)12-8-6-7-10-18(12)17-14/h6-8,10H,4-5,9,11,15H2,1-3H3,(H,16,17)/q+1. The zero-order valence-electron chi connectivity index (χ0n) is 12.1. The Bertz CT molecular complexity index is 542. The Hall–Kier alpha value is -1.75. The first-order valence-corrected chi connectivity index (χ1v) is 6.90. The average Bonchev–Trinajstić information content (AvgIpc) is 2.76. The monoisotopic (exact) mass is 262 g/mol. The molecule has 19 heavy (non-hydrogen) atoms. The first-order chi connectivity index (χ1) is 9.09. The van der Waals surface area contributed by atoms with E-state index in [1.807, 2.05) is 28.9 Å². The third kappa shape index (κ3) is 2.81. The Labute approximate surface area is 114 Å². The molecule has 0 aliphatic heterocycles. The summed E-state index contributed by atoms with van der Waals surface area (Å²) >= 11 is 0. The highest BCUT2D eigenvalue weighted by Crippen LogP contribution is 2.22. The molecule has 0 radical (unpaired) electrons. The van der Waals surface area contributed by atoms with Gasteiger partial charge in [0.1, 0.15) is 5.69 Å². The lowest BCUT2D eigenvalue weighted by molar-refractivity contribution is -0.904. The highest BCUT2D eigenvalue weighted by Gasteiger charge is 2.16. The first-order valence-electron chi connectivity index (χ1n) is 6.90. The highest BCUT2D eigenvalue weighted by molar-refractivity contribution is 5.80. The van der Waals surface area contributed by atoms with Crippen LogP contribution in [0, 0.1) is 0 Å². The third-order valence-corrected chi connectivity index (χ3v) is 4.05.